The van der Waals surface area contributed by atoms with Gasteiger partial charge in [0.05, 0.1) is 36.9 Å². The van der Waals surface area contributed by atoms with Gasteiger partial charge in [-0.05, 0) is 13.3 Å². The first-order valence-corrected chi connectivity index (χ1v) is 6.97. The van der Waals surface area contributed by atoms with Crippen LogP contribution in [0.5, 0.6) is 0 Å². The third-order valence-electron chi connectivity index (χ3n) is 4.01. The molecule has 2 unspecified atom stereocenters. The van der Waals surface area contributed by atoms with E-state index in [4.69, 9.17) is 10.5 Å². The Kier molecular flexibility index (Phi) is 3.58. The number of ether oxygens (including phenoxy) is 1. The second-order valence-corrected chi connectivity index (χ2v) is 5.51. The summed E-state index contributed by atoms with van der Waals surface area (Å²) >= 11 is 0. The van der Waals surface area contributed by atoms with Crippen molar-refractivity contribution in [1.29, 1.82) is 0 Å². The van der Waals surface area contributed by atoms with Crippen molar-refractivity contribution in [3.63, 3.8) is 0 Å². The maximum Gasteiger partial charge on any atom is 0.0951 e. The van der Waals surface area contributed by atoms with Crippen molar-refractivity contribution in [3.05, 3.63) is 35.7 Å². The molecule has 1 fully saturated rings. The van der Waals surface area contributed by atoms with Gasteiger partial charge in [0.2, 0.25) is 0 Å². The number of aryl methyl sites for hydroxylation is 2. The van der Waals surface area contributed by atoms with Crippen LogP contribution < -0.4 is 5.73 Å². The Bertz CT molecular complexity index is 582. The Morgan fingerprint density at radius 3 is 3.05 bits per heavy atom. The molecule has 108 valence electrons. The summed E-state index contributed by atoms with van der Waals surface area (Å²) in [6, 6.07) is -0.0167. The van der Waals surface area contributed by atoms with Gasteiger partial charge < -0.3 is 15.0 Å². The van der Waals surface area contributed by atoms with Gasteiger partial charge in [0.1, 0.15) is 0 Å². The van der Waals surface area contributed by atoms with Gasteiger partial charge in [0.25, 0.3) is 0 Å². The van der Waals surface area contributed by atoms with E-state index in [1.165, 1.54) is 5.56 Å². The van der Waals surface area contributed by atoms with Crippen molar-refractivity contribution in [2.75, 3.05) is 13.2 Å². The molecule has 2 aromatic heterocycles. The molecule has 1 aliphatic rings. The predicted molar refractivity (Wildman–Crippen MR) is 75.1 cm³/mol. The van der Waals surface area contributed by atoms with E-state index in [2.05, 4.69) is 14.6 Å². The van der Waals surface area contributed by atoms with E-state index >= 15 is 0 Å². The molecule has 6 nitrogen and oxygen atoms in total. The lowest BCUT2D eigenvalue weighted by molar-refractivity contribution is 0.180. The van der Waals surface area contributed by atoms with Crippen LogP contribution in [0.3, 0.4) is 0 Å². The Morgan fingerprint density at radius 1 is 1.55 bits per heavy atom. The van der Waals surface area contributed by atoms with Crippen molar-refractivity contribution < 1.29 is 4.74 Å². The number of rotatable bonds is 4. The van der Waals surface area contributed by atoms with Crippen LogP contribution in [0.15, 0.2) is 18.7 Å². The topological polar surface area (TPSA) is 70.9 Å². The molecule has 2 N–H and O–H groups in total. The largest absolute Gasteiger partial charge is 0.381 e. The molecule has 3 rings (SSSR count). The van der Waals surface area contributed by atoms with Crippen molar-refractivity contribution in [2.24, 2.45) is 18.7 Å². The molecule has 3 heterocycles. The molecule has 20 heavy (non-hydrogen) atoms. The number of hydrogen-bond acceptors (Lipinski definition) is 4. The Morgan fingerprint density at radius 2 is 2.40 bits per heavy atom. The molecule has 0 amide bonds. The van der Waals surface area contributed by atoms with E-state index in [1.54, 1.807) is 0 Å². The zero-order valence-electron chi connectivity index (χ0n) is 12.0. The number of aromatic nitrogens is 4. The van der Waals surface area contributed by atoms with Crippen LogP contribution in [-0.4, -0.2) is 32.5 Å². The summed E-state index contributed by atoms with van der Waals surface area (Å²) in [5.41, 5.74) is 9.70. The number of imidazole rings is 1. The molecular weight excluding hydrogens is 254 g/mol. The minimum absolute atomic E-state index is 0.0167. The number of hydrogen-bond donors (Lipinski definition) is 1. The molecule has 2 atom stereocenters. The van der Waals surface area contributed by atoms with Crippen LogP contribution in [0.4, 0.5) is 0 Å². The molecule has 0 saturated carbocycles. The fourth-order valence-corrected chi connectivity index (χ4v) is 2.81. The maximum atomic E-state index is 6.38. The molecule has 1 saturated heterocycles. The lowest BCUT2D eigenvalue weighted by atomic mass is 9.97. The van der Waals surface area contributed by atoms with Gasteiger partial charge in [-0.15, -0.1) is 0 Å². The Hall–Kier alpha value is -1.66. The van der Waals surface area contributed by atoms with E-state index in [0.717, 1.165) is 37.6 Å². The highest BCUT2D eigenvalue weighted by molar-refractivity contribution is 5.18. The lowest BCUT2D eigenvalue weighted by Crippen LogP contribution is -2.24. The molecule has 0 aromatic carbocycles. The quantitative estimate of drug-likeness (QED) is 0.904. The van der Waals surface area contributed by atoms with Gasteiger partial charge in [-0.3, -0.25) is 4.68 Å². The lowest BCUT2D eigenvalue weighted by Gasteiger charge is -2.19. The normalized spacial score (nSPS) is 20.4. The SMILES string of the molecule is Cc1nn(C)cc1Cn1cncc1C(N)C1CCOC1. The zero-order valence-corrected chi connectivity index (χ0v) is 12.0. The fraction of sp³-hybridized carbons (Fsp3) is 0.571. The van der Waals surface area contributed by atoms with Crippen LogP contribution in [-0.2, 0) is 18.3 Å². The summed E-state index contributed by atoms with van der Waals surface area (Å²) < 4.78 is 9.39. The third-order valence-corrected chi connectivity index (χ3v) is 4.01. The van der Waals surface area contributed by atoms with Crippen LogP contribution >= 0.6 is 0 Å². The minimum Gasteiger partial charge on any atom is -0.381 e. The van der Waals surface area contributed by atoms with E-state index in [0.29, 0.717) is 5.92 Å². The van der Waals surface area contributed by atoms with E-state index in [1.807, 2.05) is 37.4 Å². The van der Waals surface area contributed by atoms with Crippen LogP contribution in [0, 0.1) is 12.8 Å². The van der Waals surface area contributed by atoms with Gasteiger partial charge in [0.15, 0.2) is 0 Å². The summed E-state index contributed by atoms with van der Waals surface area (Å²) in [5.74, 6) is 0.389. The first-order chi connectivity index (χ1) is 9.65. The smallest absolute Gasteiger partial charge is 0.0951 e. The van der Waals surface area contributed by atoms with Crippen LogP contribution in [0.1, 0.15) is 29.4 Å². The molecule has 0 radical (unpaired) electrons. The zero-order chi connectivity index (χ0) is 14.1. The first kappa shape index (κ1) is 13.3. The average molecular weight is 275 g/mol. The summed E-state index contributed by atoms with van der Waals surface area (Å²) in [4.78, 5) is 4.26. The number of nitrogens with zero attached hydrogens (tertiary/aromatic N) is 4. The highest BCUT2D eigenvalue weighted by Crippen LogP contribution is 2.27. The van der Waals surface area contributed by atoms with E-state index in [-0.39, 0.29) is 6.04 Å². The summed E-state index contributed by atoms with van der Waals surface area (Å²) in [7, 11) is 1.94. The summed E-state index contributed by atoms with van der Waals surface area (Å²) in [6.07, 6.45) is 6.79. The van der Waals surface area contributed by atoms with Gasteiger partial charge in [0, 0.05) is 37.5 Å². The monoisotopic (exact) mass is 275 g/mol. The highest BCUT2D eigenvalue weighted by Gasteiger charge is 2.26. The summed E-state index contributed by atoms with van der Waals surface area (Å²) in [5, 5.41) is 4.38. The van der Waals surface area contributed by atoms with Crippen molar-refractivity contribution in [3.8, 4) is 0 Å². The highest BCUT2D eigenvalue weighted by atomic mass is 16.5. The van der Waals surface area contributed by atoms with Gasteiger partial charge in [-0.25, -0.2) is 4.98 Å². The van der Waals surface area contributed by atoms with Crippen molar-refractivity contribution in [2.45, 2.75) is 25.9 Å². The second kappa shape index (κ2) is 5.38. The standard InChI is InChI=1S/C14H21N5O/c1-10-12(6-18(2)17-10)7-19-9-16-5-13(19)14(15)11-3-4-20-8-11/h5-6,9,11,14H,3-4,7-8,15H2,1-2H3. The average Bonchev–Trinajstić information content (AvgIpc) is 3.12. The molecule has 0 bridgehead atoms. The first-order valence-electron chi connectivity index (χ1n) is 6.97. The van der Waals surface area contributed by atoms with Gasteiger partial charge >= 0.3 is 0 Å². The van der Waals surface area contributed by atoms with Crippen molar-refractivity contribution >= 4 is 0 Å². The van der Waals surface area contributed by atoms with E-state index in [9.17, 15) is 0 Å². The maximum absolute atomic E-state index is 6.38. The predicted octanol–water partition coefficient (Wildman–Crippen LogP) is 1.01. The Balaban J connectivity index is 1.81. The molecule has 2 aromatic rings. The van der Waals surface area contributed by atoms with Gasteiger partial charge in [-0.1, -0.05) is 0 Å². The van der Waals surface area contributed by atoms with Crippen LogP contribution in [0.2, 0.25) is 0 Å². The number of nitrogens with two attached hydrogens (primary N) is 1. The molecule has 1 aliphatic heterocycles. The Labute approximate surface area is 118 Å². The molecular formula is C14H21N5O. The van der Waals surface area contributed by atoms with Crippen LogP contribution in [0.25, 0.3) is 0 Å². The van der Waals surface area contributed by atoms with Gasteiger partial charge in [-0.2, -0.15) is 5.10 Å². The van der Waals surface area contributed by atoms with Crippen molar-refractivity contribution in [1.82, 2.24) is 19.3 Å². The summed E-state index contributed by atoms with van der Waals surface area (Å²) in [6.45, 7) is 4.35. The third kappa shape index (κ3) is 2.48. The fourth-order valence-electron chi connectivity index (χ4n) is 2.81. The molecule has 6 heteroatoms. The molecule has 0 spiro atoms. The second-order valence-electron chi connectivity index (χ2n) is 5.51. The minimum atomic E-state index is -0.0167. The molecule has 0 aliphatic carbocycles. The van der Waals surface area contributed by atoms with E-state index < -0.39 is 0 Å².